The number of primary sulfonamides is 1. The van der Waals surface area contributed by atoms with Gasteiger partial charge in [0.25, 0.3) is 0 Å². The van der Waals surface area contributed by atoms with Crippen molar-refractivity contribution in [2.45, 2.75) is 4.90 Å². The van der Waals surface area contributed by atoms with Crippen molar-refractivity contribution in [3.8, 4) is 5.75 Å². The van der Waals surface area contributed by atoms with E-state index in [9.17, 15) is 16.8 Å². The Morgan fingerprint density at radius 3 is 2.42 bits per heavy atom. The maximum Gasteiger partial charge on any atom is 0.240 e. The van der Waals surface area contributed by atoms with Crippen LogP contribution in [-0.4, -0.2) is 36.2 Å². The number of anilines is 1. The van der Waals surface area contributed by atoms with Crippen molar-refractivity contribution in [2.24, 2.45) is 5.14 Å². The highest BCUT2D eigenvalue weighted by molar-refractivity contribution is 7.90. The number of nitrogen functional groups attached to an aromatic ring is 1. The summed E-state index contributed by atoms with van der Waals surface area (Å²) in [5, 5.41) is 4.77. The van der Waals surface area contributed by atoms with Crippen molar-refractivity contribution in [2.75, 3.05) is 25.1 Å². The lowest BCUT2D eigenvalue weighted by Crippen LogP contribution is -2.31. The SMILES string of the molecule is COc1cc(S(=O)(=O)NCCS(N)(=O)=O)ccc1N. The maximum absolute atomic E-state index is 11.9. The third kappa shape index (κ3) is 4.67. The van der Waals surface area contributed by atoms with E-state index in [0.29, 0.717) is 5.69 Å². The highest BCUT2D eigenvalue weighted by Crippen LogP contribution is 2.24. The fraction of sp³-hybridized carbons (Fsp3) is 0.333. The van der Waals surface area contributed by atoms with Crippen molar-refractivity contribution in [1.29, 1.82) is 0 Å². The van der Waals surface area contributed by atoms with Gasteiger partial charge in [-0.25, -0.2) is 26.7 Å². The number of hydrogen-bond donors (Lipinski definition) is 3. The highest BCUT2D eigenvalue weighted by Gasteiger charge is 2.16. The molecule has 8 nitrogen and oxygen atoms in total. The molecule has 0 radical (unpaired) electrons. The van der Waals surface area contributed by atoms with Crippen molar-refractivity contribution in [1.82, 2.24) is 4.72 Å². The average Bonchev–Trinajstić information content (AvgIpc) is 2.27. The zero-order chi connectivity index (χ0) is 14.7. The Balaban J connectivity index is 2.89. The molecule has 0 aromatic heterocycles. The molecule has 1 aromatic carbocycles. The standard InChI is InChI=1S/C9H15N3O5S2/c1-17-9-6-7(2-3-8(9)10)19(15,16)12-4-5-18(11,13)14/h2-3,6,12H,4-5,10H2,1H3,(H2,11,13,14). The van der Waals surface area contributed by atoms with E-state index in [1.807, 2.05) is 0 Å². The topological polar surface area (TPSA) is 142 Å². The Kier molecular flexibility index (Phi) is 4.74. The number of methoxy groups -OCH3 is 1. The van der Waals surface area contributed by atoms with Crippen LogP contribution in [0.1, 0.15) is 0 Å². The third-order valence-corrected chi connectivity index (χ3v) is 4.43. The number of nitrogens with one attached hydrogen (secondary N) is 1. The normalized spacial score (nSPS) is 12.3. The quantitative estimate of drug-likeness (QED) is 0.566. The number of sulfonamides is 2. The Bertz CT molecular complexity index is 654. The van der Waals surface area contributed by atoms with Gasteiger partial charge in [0.15, 0.2) is 0 Å². The van der Waals surface area contributed by atoms with E-state index in [2.05, 4.69) is 4.72 Å². The molecular weight excluding hydrogens is 294 g/mol. The van der Waals surface area contributed by atoms with E-state index in [1.165, 1.54) is 25.3 Å². The summed E-state index contributed by atoms with van der Waals surface area (Å²) in [6, 6.07) is 3.92. The molecule has 0 heterocycles. The minimum atomic E-state index is -3.84. The minimum Gasteiger partial charge on any atom is -0.495 e. The van der Waals surface area contributed by atoms with E-state index < -0.39 is 25.8 Å². The first-order chi connectivity index (χ1) is 8.65. The molecule has 108 valence electrons. The van der Waals surface area contributed by atoms with Gasteiger partial charge in [0, 0.05) is 12.6 Å². The van der Waals surface area contributed by atoms with Gasteiger partial charge in [-0.15, -0.1) is 0 Å². The molecule has 0 saturated carbocycles. The monoisotopic (exact) mass is 309 g/mol. The Hall–Kier alpha value is -1.36. The second kappa shape index (κ2) is 5.74. The lowest BCUT2D eigenvalue weighted by Gasteiger charge is -2.09. The van der Waals surface area contributed by atoms with Crippen LogP contribution in [-0.2, 0) is 20.0 Å². The molecule has 10 heteroatoms. The molecule has 0 aliphatic carbocycles. The Morgan fingerprint density at radius 2 is 1.89 bits per heavy atom. The molecule has 5 N–H and O–H groups in total. The molecule has 0 unspecified atom stereocenters. The van der Waals surface area contributed by atoms with Gasteiger partial charge < -0.3 is 10.5 Å². The number of hydrogen-bond acceptors (Lipinski definition) is 6. The first kappa shape index (κ1) is 15.7. The summed E-state index contributed by atoms with van der Waals surface area (Å²) in [5.74, 6) is -0.271. The zero-order valence-corrected chi connectivity index (χ0v) is 11.8. The van der Waals surface area contributed by atoms with Crippen molar-refractivity contribution < 1.29 is 21.6 Å². The van der Waals surface area contributed by atoms with Crippen LogP contribution in [0.15, 0.2) is 23.1 Å². The second-order valence-corrected chi connectivity index (χ2v) is 7.17. The van der Waals surface area contributed by atoms with E-state index in [0.717, 1.165) is 0 Å². The molecule has 1 aromatic rings. The van der Waals surface area contributed by atoms with Crippen LogP contribution in [0.4, 0.5) is 5.69 Å². The summed E-state index contributed by atoms with van der Waals surface area (Å²) in [6.07, 6.45) is 0. The van der Waals surface area contributed by atoms with Crippen molar-refractivity contribution in [3.63, 3.8) is 0 Å². The fourth-order valence-electron chi connectivity index (χ4n) is 1.26. The molecule has 0 fully saturated rings. The lowest BCUT2D eigenvalue weighted by molar-refractivity contribution is 0.415. The number of ether oxygens (including phenoxy) is 1. The molecule has 0 bridgehead atoms. The first-order valence-corrected chi connectivity index (χ1v) is 8.29. The average molecular weight is 309 g/mol. The van der Waals surface area contributed by atoms with Crippen LogP contribution in [0.5, 0.6) is 5.75 Å². The maximum atomic E-state index is 11.9. The van der Waals surface area contributed by atoms with Crippen LogP contribution in [0.2, 0.25) is 0 Å². The fourth-order valence-corrected chi connectivity index (χ4v) is 2.82. The Labute approximate surface area is 111 Å². The first-order valence-electron chi connectivity index (χ1n) is 5.09. The van der Waals surface area contributed by atoms with Crippen molar-refractivity contribution >= 4 is 25.7 Å². The third-order valence-electron chi connectivity index (χ3n) is 2.19. The van der Waals surface area contributed by atoms with Gasteiger partial charge in [0.05, 0.1) is 23.4 Å². The molecule has 0 amide bonds. The number of nitrogens with two attached hydrogens (primary N) is 2. The van der Waals surface area contributed by atoms with E-state index in [4.69, 9.17) is 15.6 Å². The molecular formula is C9H15N3O5S2. The van der Waals surface area contributed by atoms with Crippen LogP contribution >= 0.6 is 0 Å². The smallest absolute Gasteiger partial charge is 0.240 e. The highest BCUT2D eigenvalue weighted by atomic mass is 32.2. The molecule has 0 spiro atoms. The van der Waals surface area contributed by atoms with Gasteiger partial charge in [-0.1, -0.05) is 0 Å². The van der Waals surface area contributed by atoms with Gasteiger partial charge >= 0.3 is 0 Å². The molecule has 0 atom stereocenters. The molecule has 0 aliphatic heterocycles. The summed E-state index contributed by atoms with van der Waals surface area (Å²) in [6.45, 7) is -0.312. The van der Waals surface area contributed by atoms with Crippen LogP contribution in [0.25, 0.3) is 0 Å². The number of benzene rings is 1. The Morgan fingerprint density at radius 1 is 1.26 bits per heavy atom. The molecule has 0 saturated heterocycles. The van der Waals surface area contributed by atoms with E-state index in [1.54, 1.807) is 0 Å². The van der Waals surface area contributed by atoms with Gasteiger partial charge in [0.2, 0.25) is 20.0 Å². The predicted molar refractivity (Wildman–Crippen MR) is 70.6 cm³/mol. The van der Waals surface area contributed by atoms with Crippen molar-refractivity contribution in [3.05, 3.63) is 18.2 Å². The van der Waals surface area contributed by atoms with Crippen LogP contribution in [0.3, 0.4) is 0 Å². The van der Waals surface area contributed by atoms with Crippen LogP contribution < -0.4 is 20.3 Å². The largest absolute Gasteiger partial charge is 0.495 e. The predicted octanol–water partition coefficient (Wildman–Crippen LogP) is -1.16. The summed E-state index contributed by atoms with van der Waals surface area (Å²) in [5.41, 5.74) is 5.86. The second-order valence-electron chi connectivity index (χ2n) is 3.67. The molecule has 1 rings (SSSR count). The molecule has 19 heavy (non-hydrogen) atoms. The van der Waals surface area contributed by atoms with Gasteiger partial charge in [-0.3, -0.25) is 0 Å². The van der Waals surface area contributed by atoms with Gasteiger partial charge in [-0.05, 0) is 12.1 Å². The zero-order valence-electron chi connectivity index (χ0n) is 10.2. The summed E-state index contributed by atoms with van der Waals surface area (Å²) < 4.78 is 52.1. The van der Waals surface area contributed by atoms with Gasteiger partial charge in [-0.2, -0.15) is 0 Å². The summed E-state index contributed by atoms with van der Waals surface area (Å²) in [7, 11) is -6.20. The van der Waals surface area contributed by atoms with E-state index >= 15 is 0 Å². The lowest BCUT2D eigenvalue weighted by atomic mass is 10.3. The van der Waals surface area contributed by atoms with Crippen LogP contribution in [0, 0.1) is 0 Å². The molecule has 0 aliphatic rings. The summed E-state index contributed by atoms with van der Waals surface area (Å²) in [4.78, 5) is -0.0760. The van der Waals surface area contributed by atoms with E-state index in [-0.39, 0.29) is 17.2 Å². The summed E-state index contributed by atoms with van der Waals surface area (Å²) >= 11 is 0. The number of rotatable bonds is 6. The van der Waals surface area contributed by atoms with Gasteiger partial charge in [0.1, 0.15) is 5.75 Å². The minimum absolute atomic E-state index is 0.0760.